The van der Waals surface area contributed by atoms with E-state index < -0.39 is 12.0 Å². The summed E-state index contributed by atoms with van der Waals surface area (Å²) in [6.45, 7) is 1.47. The number of amides is 1. The molecule has 17 heavy (non-hydrogen) atoms. The van der Waals surface area contributed by atoms with Gasteiger partial charge in [-0.2, -0.15) is 5.10 Å². The van der Waals surface area contributed by atoms with Gasteiger partial charge in [-0.05, 0) is 25.8 Å². The molecular formula is C11H15N3O3. The van der Waals surface area contributed by atoms with Crippen LogP contribution in [0.4, 0.5) is 0 Å². The van der Waals surface area contributed by atoms with Crippen molar-refractivity contribution in [3.05, 3.63) is 17.5 Å². The predicted molar refractivity (Wildman–Crippen MR) is 59.8 cm³/mol. The van der Waals surface area contributed by atoms with E-state index in [2.05, 4.69) is 10.2 Å². The van der Waals surface area contributed by atoms with Crippen LogP contribution in [0.3, 0.4) is 0 Å². The van der Waals surface area contributed by atoms with Crippen molar-refractivity contribution in [1.82, 2.24) is 15.1 Å². The molecule has 1 atom stereocenters. The molecule has 1 heterocycles. The first-order chi connectivity index (χ1) is 8.00. The number of hydrogen-bond donors (Lipinski definition) is 2. The van der Waals surface area contributed by atoms with Crippen LogP contribution in [0.25, 0.3) is 0 Å². The van der Waals surface area contributed by atoms with E-state index >= 15 is 0 Å². The molecule has 92 valence electrons. The summed E-state index contributed by atoms with van der Waals surface area (Å²) >= 11 is 0. The van der Waals surface area contributed by atoms with Gasteiger partial charge in [0.15, 0.2) is 0 Å². The molecule has 6 nitrogen and oxygen atoms in total. The summed E-state index contributed by atoms with van der Waals surface area (Å²) in [7, 11) is 1.46. The Balaban J connectivity index is 2.09. The zero-order valence-electron chi connectivity index (χ0n) is 9.80. The minimum Gasteiger partial charge on any atom is -0.480 e. The molecule has 2 rings (SSSR count). The molecule has 0 aromatic carbocycles. The van der Waals surface area contributed by atoms with Gasteiger partial charge in [0, 0.05) is 18.7 Å². The van der Waals surface area contributed by atoms with Crippen LogP contribution in [-0.2, 0) is 4.79 Å². The van der Waals surface area contributed by atoms with Gasteiger partial charge in [0.25, 0.3) is 5.91 Å². The van der Waals surface area contributed by atoms with Gasteiger partial charge in [0.05, 0.1) is 0 Å². The highest BCUT2D eigenvalue weighted by Crippen LogP contribution is 2.39. The fourth-order valence-corrected chi connectivity index (χ4v) is 1.57. The molecule has 1 aliphatic rings. The maximum Gasteiger partial charge on any atom is 0.326 e. The van der Waals surface area contributed by atoms with Gasteiger partial charge in [-0.25, -0.2) is 4.79 Å². The zero-order valence-corrected chi connectivity index (χ0v) is 9.80. The standard InChI is InChI=1S/C11H15N3O3/c1-6(11(16)17)14(2)10(15)9-5-8(12-13-9)7-3-4-7/h5-7H,3-4H2,1-2H3,(H,12,13)(H,16,17). The quantitative estimate of drug-likeness (QED) is 0.812. The second-order valence-electron chi connectivity index (χ2n) is 4.41. The van der Waals surface area contributed by atoms with Crippen LogP contribution in [0.2, 0.25) is 0 Å². The third-order valence-electron chi connectivity index (χ3n) is 3.09. The third-order valence-corrected chi connectivity index (χ3v) is 3.09. The third kappa shape index (κ3) is 2.30. The van der Waals surface area contributed by atoms with E-state index in [9.17, 15) is 9.59 Å². The first kappa shape index (κ1) is 11.6. The second kappa shape index (κ2) is 4.20. The molecular weight excluding hydrogens is 222 g/mol. The van der Waals surface area contributed by atoms with Crippen LogP contribution in [0, 0.1) is 0 Å². The van der Waals surface area contributed by atoms with Crippen LogP contribution in [-0.4, -0.2) is 45.2 Å². The van der Waals surface area contributed by atoms with Gasteiger partial charge < -0.3 is 10.0 Å². The lowest BCUT2D eigenvalue weighted by molar-refractivity contribution is -0.141. The van der Waals surface area contributed by atoms with E-state index in [0.717, 1.165) is 18.5 Å². The number of nitrogens with one attached hydrogen (secondary N) is 1. The van der Waals surface area contributed by atoms with Gasteiger partial charge in [-0.3, -0.25) is 9.89 Å². The summed E-state index contributed by atoms with van der Waals surface area (Å²) in [6.07, 6.45) is 2.24. The largest absolute Gasteiger partial charge is 0.480 e. The number of aliphatic carboxylic acids is 1. The number of carbonyl (C=O) groups is 2. The van der Waals surface area contributed by atoms with Crippen LogP contribution in [0.5, 0.6) is 0 Å². The number of H-pyrrole nitrogens is 1. The molecule has 1 aromatic heterocycles. The van der Waals surface area contributed by atoms with E-state index in [1.165, 1.54) is 18.9 Å². The van der Waals surface area contributed by atoms with Gasteiger partial charge in [-0.1, -0.05) is 0 Å². The SMILES string of the molecule is CC(C(=O)O)N(C)C(=O)c1cc(C2CC2)[nH]n1. The number of aromatic amines is 1. The Labute approximate surface area is 98.6 Å². The first-order valence-electron chi connectivity index (χ1n) is 5.56. The number of carbonyl (C=O) groups excluding carboxylic acids is 1. The number of nitrogens with zero attached hydrogens (tertiary/aromatic N) is 2. The number of rotatable bonds is 4. The van der Waals surface area contributed by atoms with Crippen LogP contribution >= 0.6 is 0 Å². The first-order valence-corrected chi connectivity index (χ1v) is 5.56. The van der Waals surface area contributed by atoms with E-state index in [-0.39, 0.29) is 11.6 Å². The van der Waals surface area contributed by atoms with Crippen molar-refractivity contribution in [2.75, 3.05) is 7.05 Å². The van der Waals surface area contributed by atoms with Crippen molar-refractivity contribution in [1.29, 1.82) is 0 Å². The minimum atomic E-state index is -1.03. The molecule has 1 unspecified atom stereocenters. The van der Waals surface area contributed by atoms with Crippen molar-refractivity contribution < 1.29 is 14.7 Å². The smallest absolute Gasteiger partial charge is 0.326 e. The Morgan fingerprint density at radius 1 is 1.59 bits per heavy atom. The van der Waals surface area contributed by atoms with Crippen LogP contribution < -0.4 is 0 Å². The molecule has 0 aliphatic heterocycles. The highest BCUT2D eigenvalue weighted by Gasteiger charge is 2.28. The predicted octanol–water partition coefficient (Wildman–Crippen LogP) is 0.832. The van der Waals surface area contributed by atoms with Crippen LogP contribution in [0.15, 0.2) is 6.07 Å². The van der Waals surface area contributed by atoms with Gasteiger partial charge in [0.2, 0.25) is 0 Å². The van der Waals surface area contributed by atoms with Crippen molar-refractivity contribution in [2.24, 2.45) is 0 Å². The fourth-order valence-electron chi connectivity index (χ4n) is 1.57. The van der Waals surface area contributed by atoms with E-state index in [4.69, 9.17) is 5.11 Å². The Hall–Kier alpha value is -1.85. The minimum absolute atomic E-state index is 0.280. The second-order valence-corrected chi connectivity index (χ2v) is 4.41. The van der Waals surface area contributed by atoms with E-state index in [0.29, 0.717) is 5.92 Å². The molecule has 0 saturated heterocycles. The summed E-state index contributed by atoms with van der Waals surface area (Å²) in [5, 5.41) is 15.6. The molecule has 1 fully saturated rings. The summed E-state index contributed by atoms with van der Waals surface area (Å²) in [4.78, 5) is 23.9. The molecule has 2 N–H and O–H groups in total. The summed E-state index contributed by atoms with van der Waals surface area (Å²) in [6, 6.07) is 0.856. The van der Waals surface area contributed by atoms with Gasteiger partial charge in [-0.15, -0.1) is 0 Å². The van der Waals surface area contributed by atoms with Crippen molar-refractivity contribution >= 4 is 11.9 Å². The highest BCUT2D eigenvalue weighted by molar-refractivity contribution is 5.94. The summed E-state index contributed by atoms with van der Waals surface area (Å²) in [5.41, 5.74) is 1.24. The maximum atomic E-state index is 11.9. The molecule has 0 radical (unpaired) electrons. The Kier molecular flexibility index (Phi) is 2.87. The summed E-state index contributed by atoms with van der Waals surface area (Å²) in [5.74, 6) is -0.909. The molecule has 1 amide bonds. The number of hydrogen-bond acceptors (Lipinski definition) is 3. The molecule has 0 spiro atoms. The number of carboxylic acid groups (broad SMARTS) is 1. The normalized spacial score (nSPS) is 16.6. The lowest BCUT2D eigenvalue weighted by Crippen LogP contribution is -2.40. The van der Waals surface area contributed by atoms with Gasteiger partial charge >= 0.3 is 5.97 Å². The molecule has 6 heteroatoms. The van der Waals surface area contributed by atoms with E-state index in [1.54, 1.807) is 6.07 Å². The fraction of sp³-hybridized carbons (Fsp3) is 0.545. The van der Waals surface area contributed by atoms with Gasteiger partial charge in [0.1, 0.15) is 11.7 Å². The van der Waals surface area contributed by atoms with Crippen LogP contribution in [0.1, 0.15) is 41.9 Å². The molecule has 1 aromatic rings. The summed E-state index contributed by atoms with van der Waals surface area (Å²) < 4.78 is 0. The Bertz CT molecular complexity index is 451. The average molecular weight is 237 g/mol. The number of aromatic nitrogens is 2. The monoisotopic (exact) mass is 237 g/mol. The van der Waals surface area contributed by atoms with E-state index in [1.807, 2.05) is 0 Å². The Morgan fingerprint density at radius 2 is 2.24 bits per heavy atom. The van der Waals surface area contributed by atoms with Crippen molar-refractivity contribution in [3.63, 3.8) is 0 Å². The number of likely N-dealkylation sites (N-methyl/N-ethyl adjacent to an activating group) is 1. The highest BCUT2D eigenvalue weighted by atomic mass is 16.4. The lowest BCUT2D eigenvalue weighted by Gasteiger charge is -2.20. The number of carboxylic acids is 1. The average Bonchev–Trinajstić information content (AvgIpc) is 3.04. The maximum absolute atomic E-state index is 11.9. The Morgan fingerprint density at radius 3 is 2.76 bits per heavy atom. The van der Waals surface area contributed by atoms with Crippen molar-refractivity contribution in [2.45, 2.75) is 31.7 Å². The molecule has 0 bridgehead atoms. The molecule has 1 saturated carbocycles. The van der Waals surface area contributed by atoms with Crippen molar-refractivity contribution in [3.8, 4) is 0 Å². The zero-order chi connectivity index (χ0) is 12.6. The molecule has 1 aliphatic carbocycles. The lowest BCUT2D eigenvalue weighted by atomic mass is 10.2. The topological polar surface area (TPSA) is 86.3 Å².